The van der Waals surface area contributed by atoms with E-state index in [1.807, 2.05) is 6.92 Å². The molecule has 0 saturated carbocycles. The first-order chi connectivity index (χ1) is 19.7. The quantitative estimate of drug-likeness (QED) is 0.191. The maximum Gasteiger partial charge on any atom is 0.494 e. The summed E-state index contributed by atoms with van der Waals surface area (Å²) >= 11 is 0. The fourth-order valence-electron chi connectivity index (χ4n) is 6.58. The summed E-state index contributed by atoms with van der Waals surface area (Å²) in [7, 11) is -0.422. The molecule has 3 heterocycles. The van der Waals surface area contributed by atoms with Crippen molar-refractivity contribution >= 4 is 45.3 Å². The number of fused-ring (bicyclic) bond motifs is 9. The van der Waals surface area contributed by atoms with E-state index >= 15 is 0 Å². The minimum absolute atomic E-state index is 0.0766. The largest absolute Gasteiger partial charge is 0.494 e. The number of rotatable bonds is 7. The summed E-state index contributed by atoms with van der Waals surface area (Å²) in [6, 6.07) is 33.2. The minimum Gasteiger partial charge on any atom is -0.408 e. The Labute approximate surface area is 242 Å². The van der Waals surface area contributed by atoms with E-state index in [0.29, 0.717) is 6.61 Å². The predicted molar refractivity (Wildman–Crippen MR) is 172 cm³/mol. The Kier molecular flexibility index (Phi) is 5.97. The highest BCUT2D eigenvalue weighted by Gasteiger charge is 2.37. The highest BCUT2D eigenvalue weighted by molar-refractivity contribution is 6.61. The van der Waals surface area contributed by atoms with E-state index in [9.17, 15) is 0 Å². The molecule has 1 aliphatic rings. The van der Waals surface area contributed by atoms with Crippen LogP contribution in [-0.4, -0.2) is 28.5 Å². The second-order valence-electron chi connectivity index (χ2n) is 12.4. The average Bonchev–Trinajstić information content (AvgIpc) is 3.60. The third-order valence-electron chi connectivity index (χ3n) is 9.07. The highest BCUT2D eigenvalue weighted by atomic mass is 16.6. The van der Waals surface area contributed by atoms with Crippen LogP contribution in [0, 0.1) is 0 Å². The molecular weight excluding hydrogens is 503 g/mol. The number of hydrogen-bond donors (Lipinski definition) is 0. The van der Waals surface area contributed by atoms with E-state index in [4.69, 9.17) is 9.31 Å². The average molecular weight is 541 g/mol. The van der Waals surface area contributed by atoms with Crippen LogP contribution < -0.4 is 5.46 Å². The molecule has 0 aliphatic carbocycles. The van der Waals surface area contributed by atoms with E-state index in [0.717, 1.165) is 17.6 Å². The topological polar surface area (TPSA) is 28.3 Å². The number of para-hydroxylation sites is 2. The van der Waals surface area contributed by atoms with E-state index < -0.39 is 7.12 Å². The van der Waals surface area contributed by atoms with Gasteiger partial charge in [0.05, 0.1) is 16.6 Å². The standard InChI is InChI=1S/C36H37BN2O2/c1-7-35(3,4)41-37(40-8-2)24-18-20-30-27(22-24)26-19-21-31-28(34(26)38(30)25-14-10-9-11-15-25)23-33-36(5,6)29-16-12-13-17-32(29)39(31)33/h9-23H,7-8H2,1-6H3. The molecule has 0 atom stereocenters. The Morgan fingerprint density at radius 3 is 2.22 bits per heavy atom. The van der Waals surface area contributed by atoms with Crippen molar-refractivity contribution in [2.24, 2.45) is 0 Å². The molecule has 0 N–H and O–H groups in total. The summed E-state index contributed by atoms with van der Waals surface area (Å²) in [6.07, 6.45) is 0.906. The second-order valence-corrected chi connectivity index (χ2v) is 12.4. The molecule has 0 unspecified atom stereocenters. The smallest absolute Gasteiger partial charge is 0.408 e. The third kappa shape index (κ3) is 3.90. The van der Waals surface area contributed by atoms with Gasteiger partial charge in [-0.15, -0.1) is 0 Å². The first-order valence-electron chi connectivity index (χ1n) is 14.8. The van der Waals surface area contributed by atoms with Gasteiger partial charge in [-0.25, -0.2) is 0 Å². The van der Waals surface area contributed by atoms with Crippen molar-refractivity contribution in [2.45, 2.75) is 59.0 Å². The van der Waals surface area contributed by atoms with E-state index in [2.05, 4.69) is 135 Å². The molecule has 5 heteroatoms. The summed E-state index contributed by atoms with van der Waals surface area (Å²) < 4.78 is 17.5. The van der Waals surface area contributed by atoms with Crippen LogP contribution in [0.2, 0.25) is 0 Å². The Morgan fingerprint density at radius 1 is 0.756 bits per heavy atom. The van der Waals surface area contributed by atoms with Crippen LogP contribution in [-0.2, 0) is 14.7 Å². The number of nitrogens with zero attached hydrogens (tertiary/aromatic N) is 2. The highest BCUT2D eigenvalue weighted by Crippen LogP contribution is 2.48. The third-order valence-corrected chi connectivity index (χ3v) is 9.07. The molecule has 0 bridgehead atoms. The Bertz CT molecular complexity index is 1930. The van der Waals surface area contributed by atoms with E-state index in [1.165, 1.54) is 49.7 Å². The van der Waals surface area contributed by atoms with Crippen molar-refractivity contribution in [3.63, 3.8) is 0 Å². The maximum atomic E-state index is 6.50. The SMILES string of the molecule is CCOB(OC(C)(C)CC)c1ccc2c(c1)c1ccc3c(cc4n3-c3ccccc3C4(C)C)c1n2-c1ccccc1. The number of aromatic nitrogens is 2. The zero-order chi connectivity index (χ0) is 28.5. The van der Waals surface area contributed by atoms with Crippen molar-refractivity contribution in [3.05, 3.63) is 102 Å². The van der Waals surface area contributed by atoms with Gasteiger partial charge in [0.2, 0.25) is 0 Å². The maximum absolute atomic E-state index is 6.50. The lowest BCUT2D eigenvalue weighted by Crippen LogP contribution is -2.43. The summed E-state index contributed by atoms with van der Waals surface area (Å²) in [5.74, 6) is 0. The molecule has 6 aromatic rings. The fourth-order valence-corrected chi connectivity index (χ4v) is 6.58. The molecule has 1 aliphatic heterocycles. The Morgan fingerprint density at radius 2 is 1.46 bits per heavy atom. The van der Waals surface area contributed by atoms with Crippen molar-refractivity contribution in [1.29, 1.82) is 0 Å². The van der Waals surface area contributed by atoms with Crippen LogP contribution in [0.5, 0.6) is 0 Å². The fraction of sp³-hybridized carbons (Fsp3) is 0.278. The zero-order valence-electron chi connectivity index (χ0n) is 24.9. The van der Waals surface area contributed by atoms with Gasteiger partial charge in [-0.3, -0.25) is 0 Å². The minimum atomic E-state index is -0.422. The lowest BCUT2D eigenvalue weighted by atomic mass is 9.77. The normalized spacial score (nSPS) is 14.2. The van der Waals surface area contributed by atoms with Gasteiger partial charge in [0.15, 0.2) is 0 Å². The molecule has 0 fully saturated rings. The molecule has 4 nitrogen and oxygen atoms in total. The van der Waals surface area contributed by atoms with Crippen molar-refractivity contribution in [2.75, 3.05) is 6.61 Å². The van der Waals surface area contributed by atoms with Gasteiger partial charge in [-0.2, -0.15) is 0 Å². The number of hydrogen-bond acceptors (Lipinski definition) is 2. The van der Waals surface area contributed by atoms with Crippen LogP contribution in [0.3, 0.4) is 0 Å². The van der Waals surface area contributed by atoms with Gasteiger partial charge in [0.1, 0.15) is 0 Å². The zero-order valence-corrected chi connectivity index (χ0v) is 24.9. The summed E-state index contributed by atoms with van der Waals surface area (Å²) in [6.45, 7) is 13.7. The van der Waals surface area contributed by atoms with Crippen molar-refractivity contribution in [1.82, 2.24) is 9.13 Å². The van der Waals surface area contributed by atoms with E-state index in [-0.39, 0.29) is 11.0 Å². The van der Waals surface area contributed by atoms with E-state index in [1.54, 1.807) is 0 Å². The molecule has 206 valence electrons. The van der Waals surface area contributed by atoms with Crippen LogP contribution >= 0.6 is 0 Å². The van der Waals surface area contributed by atoms with Gasteiger partial charge >= 0.3 is 7.12 Å². The van der Waals surface area contributed by atoms with Crippen LogP contribution in [0.4, 0.5) is 0 Å². The molecular formula is C36H37BN2O2. The monoisotopic (exact) mass is 540 g/mol. The number of benzene rings is 4. The lowest BCUT2D eigenvalue weighted by molar-refractivity contribution is 0.0706. The van der Waals surface area contributed by atoms with Gasteiger partial charge in [0.25, 0.3) is 0 Å². The molecule has 0 saturated heterocycles. The second kappa shape index (κ2) is 9.37. The lowest BCUT2D eigenvalue weighted by Gasteiger charge is -2.28. The van der Waals surface area contributed by atoms with Gasteiger partial charge < -0.3 is 18.4 Å². The van der Waals surface area contributed by atoms with Crippen LogP contribution in [0.15, 0.2) is 91.0 Å². The molecule has 0 spiro atoms. The molecule has 0 radical (unpaired) electrons. The van der Waals surface area contributed by atoms with Crippen molar-refractivity contribution in [3.8, 4) is 11.4 Å². The van der Waals surface area contributed by atoms with Gasteiger partial charge in [-0.1, -0.05) is 75.4 Å². The molecule has 41 heavy (non-hydrogen) atoms. The Balaban J connectivity index is 1.53. The Hall–Kier alpha value is -3.80. The molecule has 4 aromatic carbocycles. The molecule has 7 rings (SSSR count). The summed E-state index contributed by atoms with van der Waals surface area (Å²) in [5.41, 5.74) is 9.48. The van der Waals surface area contributed by atoms with Gasteiger partial charge in [0, 0.05) is 50.9 Å². The van der Waals surface area contributed by atoms with Crippen LogP contribution in [0.25, 0.3) is 44.1 Å². The molecule has 2 aromatic heterocycles. The summed E-state index contributed by atoms with van der Waals surface area (Å²) in [5, 5.41) is 3.71. The van der Waals surface area contributed by atoms with Crippen molar-refractivity contribution < 1.29 is 9.31 Å². The summed E-state index contributed by atoms with van der Waals surface area (Å²) in [4.78, 5) is 0. The van der Waals surface area contributed by atoms with Gasteiger partial charge in [-0.05, 0) is 74.6 Å². The van der Waals surface area contributed by atoms with Crippen LogP contribution in [0.1, 0.15) is 59.2 Å². The first kappa shape index (κ1) is 26.1. The first-order valence-corrected chi connectivity index (χ1v) is 14.8. The predicted octanol–water partition coefficient (Wildman–Crippen LogP) is 8.30. The molecule has 0 amide bonds.